The summed E-state index contributed by atoms with van der Waals surface area (Å²) in [6.45, 7) is 13.2. The maximum Gasteiger partial charge on any atom is 0.0589 e. The molecule has 0 saturated heterocycles. The Balaban J connectivity index is 2.33. The van der Waals surface area contributed by atoms with E-state index in [0.717, 1.165) is 38.2 Å². The second kappa shape index (κ2) is 6.72. The van der Waals surface area contributed by atoms with E-state index in [1.54, 1.807) is 7.11 Å². The minimum absolute atomic E-state index is 0.240. The molecule has 3 heteroatoms. The minimum Gasteiger partial charge on any atom is -0.383 e. The average Bonchev–Trinajstić information content (AvgIpc) is 2.20. The second-order valence-corrected chi connectivity index (χ2v) is 6.16. The summed E-state index contributed by atoms with van der Waals surface area (Å²) in [5, 5.41) is 3.63. The van der Waals surface area contributed by atoms with Crippen LogP contribution in [0.4, 0.5) is 0 Å². The lowest BCUT2D eigenvalue weighted by Gasteiger charge is -2.45. The molecule has 0 aromatic heterocycles. The van der Waals surface area contributed by atoms with Gasteiger partial charge in [0.05, 0.1) is 6.61 Å². The third kappa shape index (κ3) is 4.94. The summed E-state index contributed by atoms with van der Waals surface area (Å²) < 4.78 is 5.19. The summed E-state index contributed by atoms with van der Waals surface area (Å²) in [5.41, 5.74) is 0.240. The summed E-state index contributed by atoms with van der Waals surface area (Å²) in [6, 6.07) is 0.769. The molecule has 2 atom stereocenters. The van der Waals surface area contributed by atoms with Gasteiger partial charge in [-0.2, -0.15) is 0 Å². The lowest BCUT2D eigenvalue weighted by Crippen LogP contribution is -2.53. The van der Waals surface area contributed by atoms with Gasteiger partial charge < -0.3 is 10.1 Å². The molecule has 0 aromatic rings. The van der Waals surface area contributed by atoms with Crippen LogP contribution in [-0.4, -0.2) is 49.8 Å². The third-order valence-electron chi connectivity index (χ3n) is 3.73. The lowest BCUT2D eigenvalue weighted by molar-refractivity contribution is 0.0412. The SMILES string of the molecule is CCN(CCOC)C1CCC1CNC(C)(C)C. The fourth-order valence-electron chi connectivity index (χ4n) is 2.47. The zero-order chi connectivity index (χ0) is 12.9. The fourth-order valence-corrected chi connectivity index (χ4v) is 2.47. The van der Waals surface area contributed by atoms with Crippen LogP contribution in [0.2, 0.25) is 0 Å². The normalized spacial score (nSPS) is 25.1. The van der Waals surface area contributed by atoms with Crippen molar-refractivity contribution in [2.45, 2.75) is 52.1 Å². The maximum absolute atomic E-state index is 5.19. The van der Waals surface area contributed by atoms with E-state index in [1.807, 2.05) is 0 Å². The number of nitrogens with zero attached hydrogens (tertiary/aromatic N) is 1. The number of hydrogen-bond donors (Lipinski definition) is 1. The van der Waals surface area contributed by atoms with Gasteiger partial charge in [0, 0.05) is 25.2 Å². The van der Waals surface area contributed by atoms with E-state index in [4.69, 9.17) is 4.74 Å². The van der Waals surface area contributed by atoms with Gasteiger partial charge in [0.1, 0.15) is 0 Å². The van der Waals surface area contributed by atoms with E-state index in [9.17, 15) is 0 Å². The largest absolute Gasteiger partial charge is 0.383 e. The van der Waals surface area contributed by atoms with Crippen LogP contribution >= 0.6 is 0 Å². The van der Waals surface area contributed by atoms with Gasteiger partial charge >= 0.3 is 0 Å². The smallest absolute Gasteiger partial charge is 0.0589 e. The number of nitrogens with one attached hydrogen (secondary N) is 1. The molecule has 0 radical (unpaired) electrons. The van der Waals surface area contributed by atoms with E-state index in [2.05, 4.69) is 37.9 Å². The Kier molecular flexibility index (Phi) is 5.90. The van der Waals surface area contributed by atoms with Crippen LogP contribution < -0.4 is 5.32 Å². The number of methoxy groups -OCH3 is 1. The van der Waals surface area contributed by atoms with Gasteiger partial charge in [0.15, 0.2) is 0 Å². The van der Waals surface area contributed by atoms with Crippen molar-refractivity contribution in [2.75, 3.05) is 33.4 Å². The van der Waals surface area contributed by atoms with Crippen LogP contribution in [0.15, 0.2) is 0 Å². The first-order valence-electron chi connectivity index (χ1n) is 6.96. The van der Waals surface area contributed by atoms with Crippen LogP contribution in [-0.2, 0) is 4.74 Å². The Morgan fingerprint density at radius 3 is 2.41 bits per heavy atom. The molecule has 1 N–H and O–H groups in total. The molecule has 0 heterocycles. The highest BCUT2D eigenvalue weighted by atomic mass is 16.5. The Hall–Kier alpha value is -0.120. The molecule has 0 aliphatic heterocycles. The van der Waals surface area contributed by atoms with E-state index in [0.29, 0.717) is 0 Å². The first-order valence-corrected chi connectivity index (χ1v) is 6.96. The van der Waals surface area contributed by atoms with Gasteiger partial charge in [-0.3, -0.25) is 4.90 Å². The summed E-state index contributed by atoms with van der Waals surface area (Å²) in [5.74, 6) is 0.825. The molecule has 2 unspecified atom stereocenters. The van der Waals surface area contributed by atoms with Crippen molar-refractivity contribution in [3.05, 3.63) is 0 Å². The molecule has 1 saturated carbocycles. The molecule has 17 heavy (non-hydrogen) atoms. The van der Waals surface area contributed by atoms with Crippen LogP contribution in [0.3, 0.4) is 0 Å². The molecular weight excluding hydrogens is 212 g/mol. The third-order valence-corrected chi connectivity index (χ3v) is 3.73. The Labute approximate surface area is 107 Å². The number of hydrogen-bond acceptors (Lipinski definition) is 3. The Morgan fingerprint density at radius 2 is 2.00 bits per heavy atom. The summed E-state index contributed by atoms with van der Waals surface area (Å²) in [7, 11) is 1.78. The number of ether oxygens (including phenoxy) is 1. The van der Waals surface area contributed by atoms with Crippen LogP contribution in [0.1, 0.15) is 40.5 Å². The van der Waals surface area contributed by atoms with Crippen molar-refractivity contribution in [3.63, 3.8) is 0 Å². The topological polar surface area (TPSA) is 24.5 Å². The van der Waals surface area contributed by atoms with Crippen molar-refractivity contribution in [3.8, 4) is 0 Å². The first kappa shape index (κ1) is 14.9. The van der Waals surface area contributed by atoms with E-state index >= 15 is 0 Å². The van der Waals surface area contributed by atoms with Gasteiger partial charge in [-0.1, -0.05) is 6.92 Å². The predicted molar refractivity (Wildman–Crippen MR) is 73.4 cm³/mol. The van der Waals surface area contributed by atoms with Gasteiger partial charge in [-0.05, 0) is 52.6 Å². The van der Waals surface area contributed by atoms with Crippen molar-refractivity contribution in [1.29, 1.82) is 0 Å². The molecule has 1 aliphatic carbocycles. The van der Waals surface area contributed by atoms with Gasteiger partial charge in [-0.15, -0.1) is 0 Å². The highest BCUT2D eigenvalue weighted by Gasteiger charge is 2.34. The van der Waals surface area contributed by atoms with Crippen LogP contribution in [0.25, 0.3) is 0 Å². The number of likely N-dealkylation sites (N-methyl/N-ethyl adjacent to an activating group) is 1. The van der Waals surface area contributed by atoms with Crippen LogP contribution in [0.5, 0.6) is 0 Å². The molecule has 0 amide bonds. The molecule has 0 aromatic carbocycles. The molecule has 3 nitrogen and oxygen atoms in total. The van der Waals surface area contributed by atoms with Gasteiger partial charge in [-0.25, -0.2) is 0 Å². The van der Waals surface area contributed by atoms with Gasteiger partial charge in [0.25, 0.3) is 0 Å². The molecule has 0 spiro atoms. The van der Waals surface area contributed by atoms with E-state index in [1.165, 1.54) is 12.8 Å². The molecule has 1 fully saturated rings. The van der Waals surface area contributed by atoms with Crippen molar-refractivity contribution < 1.29 is 4.74 Å². The zero-order valence-corrected chi connectivity index (χ0v) is 12.3. The number of rotatable bonds is 7. The average molecular weight is 242 g/mol. The lowest BCUT2D eigenvalue weighted by atomic mass is 9.78. The highest BCUT2D eigenvalue weighted by Crippen LogP contribution is 2.31. The quantitative estimate of drug-likeness (QED) is 0.740. The first-order chi connectivity index (χ1) is 7.98. The standard InChI is InChI=1S/C14H30N2O/c1-6-16(9-10-17-5)13-8-7-12(13)11-15-14(2,3)4/h12-13,15H,6-11H2,1-5H3. The monoisotopic (exact) mass is 242 g/mol. The van der Waals surface area contributed by atoms with Crippen LogP contribution in [0, 0.1) is 5.92 Å². The fraction of sp³-hybridized carbons (Fsp3) is 1.00. The molecule has 102 valence electrons. The maximum atomic E-state index is 5.19. The summed E-state index contributed by atoms with van der Waals surface area (Å²) in [4.78, 5) is 2.57. The molecule has 1 rings (SSSR count). The second-order valence-electron chi connectivity index (χ2n) is 6.16. The van der Waals surface area contributed by atoms with Crippen molar-refractivity contribution in [2.24, 2.45) is 5.92 Å². The zero-order valence-electron chi connectivity index (χ0n) is 12.3. The van der Waals surface area contributed by atoms with Gasteiger partial charge in [0.2, 0.25) is 0 Å². The predicted octanol–water partition coefficient (Wildman–Crippen LogP) is 2.12. The molecule has 1 aliphatic rings. The Morgan fingerprint density at radius 1 is 1.29 bits per heavy atom. The minimum atomic E-state index is 0.240. The molecular formula is C14H30N2O. The van der Waals surface area contributed by atoms with E-state index < -0.39 is 0 Å². The molecule has 0 bridgehead atoms. The van der Waals surface area contributed by atoms with Crippen molar-refractivity contribution in [1.82, 2.24) is 10.2 Å². The Bertz CT molecular complexity index is 213. The highest BCUT2D eigenvalue weighted by molar-refractivity contribution is 4.91. The summed E-state index contributed by atoms with van der Waals surface area (Å²) in [6.07, 6.45) is 2.73. The van der Waals surface area contributed by atoms with Crippen molar-refractivity contribution >= 4 is 0 Å². The summed E-state index contributed by atoms with van der Waals surface area (Å²) >= 11 is 0. The van der Waals surface area contributed by atoms with E-state index in [-0.39, 0.29) is 5.54 Å².